The number of hydrogen-bond acceptors (Lipinski definition) is 4. The van der Waals surface area contributed by atoms with Gasteiger partial charge in [0, 0.05) is 25.3 Å². The summed E-state index contributed by atoms with van der Waals surface area (Å²) in [5.74, 6) is -0.897. The number of halogens is 1. The van der Waals surface area contributed by atoms with E-state index in [1.807, 2.05) is 6.92 Å². The van der Waals surface area contributed by atoms with Gasteiger partial charge in [0.2, 0.25) is 5.91 Å². The Balaban J connectivity index is 2.62. The second kappa shape index (κ2) is 9.22. The standard InChI is InChI=1S/C17H25FN2O4/c1-5-23-10-6-7-15(21)20-14-11-12(8-9-13(14)18)19-16(22)24-17(2,3)4/h8-9,11H,5-7,10H2,1-4H3,(H,19,22)(H,20,21). The van der Waals surface area contributed by atoms with E-state index in [4.69, 9.17) is 9.47 Å². The van der Waals surface area contributed by atoms with Crippen molar-refractivity contribution in [3.8, 4) is 0 Å². The van der Waals surface area contributed by atoms with Gasteiger partial charge in [0.25, 0.3) is 0 Å². The molecule has 0 unspecified atom stereocenters. The topological polar surface area (TPSA) is 76.7 Å². The predicted octanol–water partition coefficient (Wildman–Crippen LogP) is 3.93. The van der Waals surface area contributed by atoms with Crippen LogP contribution in [-0.4, -0.2) is 30.8 Å². The Bertz CT molecular complexity index is 570. The van der Waals surface area contributed by atoms with Crippen LogP contribution in [0.15, 0.2) is 18.2 Å². The van der Waals surface area contributed by atoms with Crippen molar-refractivity contribution in [2.24, 2.45) is 0 Å². The molecule has 0 bridgehead atoms. The predicted molar refractivity (Wildman–Crippen MR) is 90.6 cm³/mol. The molecule has 0 saturated heterocycles. The van der Waals surface area contributed by atoms with Gasteiger partial charge in [0.1, 0.15) is 11.4 Å². The molecule has 2 amide bonds. The lowest BCUT2D eigenvalue weighted by atomic mass is 10.2. The zero-order valence-electron chi connectivity index (χ0n) is 14.6. The minimum atomic E-state index is -0.650. The molecule has 6 nitrogen and oxygen atoms in total. The molecule has 24 heavy (non-hydrogen) atoms. The van der Waals surface area contributed by atoms with Crippen LogP contribution in [0.25, 0.3) is 0 Å². The van der Waals surface area contributed by atoms with Gasteiger partial charge in [-0.3, -0.25) is 10.1 Å². The van der Waals surface area contributed by atoms with Crippen LogP contribution in [0.2, 0.25) is 0 Å². The molecule has 2 N–H and O–H groups in total. The van der Waals surface area contributed by atoms with Crippen molar-refractivity contribution in [2.75, 3.05) is 23.8 Å². The van der Waals surface area contributed by atoms with Crippen molar-refractivity contribution in [3.63, 3.8) is 0 Å². The van der Waals surface area contributed by atoms with Crippen LogP contribution >= 0.6 is 0 Å². The highest BCUT2D eigenvalue weighted by Crippen LogP contribution is 2.21. The number of carbonyl (C=O) groups excluding carboxylic acids is 2. The molecular formula is C17H25FN2O4. The van der Waals surface area contributed by atoms with Crippen molar-refractivity contribution >= 4 is 23.4 Å². The normalized spacial score (nSPS) is 11.0. The Morgan fingerprint density at radius 2 is 1.92 bits per heavy atom. The molecule has 0 aliphatic heterocycles. The van der Waals surface area contributed by atoms with E-state index >= 15 is 0 Å². The molecule has 0 heterocycles. The first-order valence-electron chi connectivity index (χ1n) is 7.88. The van der Waals surface area contributed by atoms with E-state index in [1.165, 1.54) is 18.2 Å². The summed E-state index contributed by atoms with van der Waals surface area (Å²) in [7, 11) is 0. The quantitative estimate of drug-likeness (QED) is 0.737. The van der Waals surface area contributed by atoms with E-state index in [-0.39, 0.29) is 18.0 Å². The highest BCUT2D eigenvalue weighted by Gasteiger charge is 2.17. The van der Waals surface area contributed by atoms with Crippen molar-refractivity contribution in [1.29, 1.82) is 0 Å². The third-order valence-electron chi connectivity index (χ3n) is 2.78. The molecule has 1 aromatic rings. The van der Waals surface area contributed by atoms with Crippen LogP contribution < -0.4 is 10.6 Å². The molecule has 0 radical (unpaired) electrons. The van der Waals surface area contributed by atoms with E-state index in [2.05, 4.69) is 10.6 Å². The molecule has 7 heteroatoms. The van der Waals surface area contributed by atoms with E-state index in [1.54, 1.807) is 20.8 Å². The van der Waals surface area contributed by atoms with Crippen LogP contribution in [-0.2, 0) is 14.3 Å². The van der Waals surface area contributed by atoms with Crippen molar-refractivity contribution in [1.82, 2.24) is 0 Å². The van der Waals surface area contributed by atoms with Gasteiger partial charge >= 0.3 is 6.09 Å². The average Bonchev–Trinajstić information content (AvgIpc) is 2.45. The Kier molecular flexibility index (Phi) is 7.64. The van der Waals surface area contributed by atoms with Crippen molar-refractivity contribution in [2.45, 2.75) is 46.1 Å². The molecular weight excluding hydrogens is 315 g/mol. The van der Waals surface area contributed by atoms with Gasteiger partial charge in [-0.05, 0) is 52.3 Å². The summed E-state index contributed by atoms with van der Waals surface area (Å²) in [6.07, 6.45) is 0.128. The van der Waals surface area contributed by atoms with E-state index < -0.39 is 17.5 Å². The van der Waals surface area contributed by atoms with Crippen LogP contribution in [0.1, 0.15) is 40.5 Å². The number of benzene rings is 1. The summed E-state index contributed by atoms with van der Waals surface area (Å²) in [5, 5.41) is 4.99. The molecule has 0 spiro atoms. The molecule has 0 aliphatic carbocycles. The third kappa shape index (κ3) is 7.92. The Morgan fingerprint density at radius 1 is 1.21 bits per heavy atom. The van der Waals surface area contributed by atoms with Gasteiger partial charge in [-0.25, -0.2) is 9.18 Å². The number of carbonyl (C=O) groups is 2. The number of rotatable bonds is 7. The zero-order chi connectivity index (χ0) is 18.2. The molecule has 0 saturated carbocycles. The highest BCUT2D eigenvalue weighted by molar-refractivity contribution is 5.92. The first-order valence-corrected chi connectivity index (χ1v) is 7.88. The number of anilines is 2. The highest BCUT2D eigenvalue weighted by atomic mass is 19.1. The minimum Gasteiger partial charge on any atom is -0.444 e. The number of ether oxygens (including phenoxy) is 2. The molecule has 0 aromatic heterocycles. The third-order valence-corrected chi connectivity index (χ3v) is 2.78. The number of hydrogen-bond donors (Lipinski definition) is 2. The Hall–Kier alpha value is -2.15. The summed E-state index contributed by atoms with van der Waals surface area (Å²) in [4.78, 5) is 23.5. The lowest BCUT2D eigenvalue weighted by Gasteiger charge is -2.19. The first-order chi connectivity index (χ1) is 11.2. The molecule has 134 valence electrons. The van der Waals surface area contributed by atoms with Crippen molar-refractivity contribution in [3.05, 3.63) is 24.0 Å². The Labute approximate surface area is 141 Å². The molecule has 1 rings (SSSR count). The maximum atomic E-state index is 13.8. The SMILES string of the molecule is CCOCCCC(=O)Nc1cc(NC(=O)OC(C)(C)C)ccc1F. The van der Waals surface area contributed by atoms with Gasteiger partial charge in [-0.2, -0.15) is 0 Å². The zero-order valence-corrected chi connectivity index (χ0v) is 14.6. The van der Waals surface area contributed by atoms with Gasteiger partial charge in [0.15, 0.2) is 0 Å². The molecule has 1 aromatic carbocycles. The lowest BCUT2D eigenvalue weighted by molar-refractivity contribution is -0.116. The minimum absolute atomic E-state index is 0.00460. The smallest absolute Gasteiger partial charge is 0.412 e. The van der Waals surface area contributed by atoms with Gasteiger partial charge < -0.3 is 14.8 Å². The molecule has 0 aliphatic rings. The fourth-order valence-corrected chi connectivity index (χ4v) is 1.81. The summed E-state index contributed by atoms with van der Waals surface area (Å²) < 4.78 is 24.1. The monoisotopic (exact) mass is 340 g/mol. The average molecular weight is 340 g/mol. The Morgan fingerprint density at radius 3 is 2.54 bits per heavy atom. The van der Waals surface area contributed by atoms with Crippen LogP contribution in [0, 0.1) is 5.82 Å². The van der Waals surface area contributed by atoms with Crippen LogP contribution in [0.4, 0.5) is 20.6 Å². The second-order valence-corrected chi connectivity index (χ2v) is 6.17. The number of nitrogens with one attached hydrogen (secondary N) is 2. The van der Waals surface area contributed by atoms with Crippen molar-refractivity contribution < 1.29 is 23.5 Å². The summed E-state index contributed by atoms with van der Waals surface area (Å²) >= 11 is 0. The second-order valence-electron chi connectivity index (χ2n) is 6.17. The van der Waals surface area contributed by atoms with E-state index in [9.17, 15) is 14.0 Å². The van der Waals surface area contributed by atoms with Gasteiger partial charge in [-0.15, -0.1) is 0 Å². The summed E-state index contributed by atoms with van der Waals surface area (Å²) in [5.41, 5.74) is -0.304. The van der Waals surface area contributed by atoms with E-state index in [0.29, 0.717) is 25.3 Å². The van der Waals surface area contributed by atoms with Crippen LogP contribution in [0.3, 0.4) is 0 Å². The maximum Gasteiger partial charge on any atom is 0.412 e. The molecule has 0 atom stereocenters. The summed E-state index contributed by atoms with van der Waals surface area (Å²) in [6, 6.07) is 3.91. The molecule has 0 fully saturated rings. The van der Waals surface area contributed by atoms with Gasteiger partial charge in [-0.1, -0.05) is 0 Å². The lowest BCUT2D eigenvalue weighted by Crippen LogP contribution is -2.27. The largest absolute Gasteiger partial charge is 0.444 e. The fourth-order valence-electron chi connectivity index (χ4n) is 1.81. The van der Waals surface area contributed by atoms with Gasteiger partial charge in [0.05, 0.1) is 5.69 Å². The first kappa shape index (κ1) is 19.9. The van der Waals surface area contributed by atoms with Crippen LogP contribution in [0.5, 0.6) is 0 Å². The number of amides is 2. The summed E-state index contributed by atoms with van der Waals surface area (Å²) in [6.45, 7) is 8.17. The fraction of sp³-hybridized carbons (Fsp3) is 0.529. The maximum absolute atomic E-state index is 13.8. The van der Waals surface area contributed by atoms with E-state index in [0.717, 1.165) is 0 Å².